The van der Waals surface area contributed by atoms with E-state index >= 15 is 0 Å². The van der Waals surface area contributed by atoms with Crippen molar-refractivity contribution in [3.63, 3.8) is 0 Å². The molecule has 140 valence electrons. The van der Waals surface area contributed by atoms with E-state index < -0.39 is 5.82 Å². The molecule has 0 bridgehead atoms. The van der Waals surface area contributed by atoms with Gasteiger partial charge in [-0.3, -0.25) is 4.98 Å². The normalized spacial score (nSPS) is 11.7. The van der Waals surface area contributed by atoms with E-state index in [0.29, 0.717) is 17.5 Å². The molecule has 3 rings (SSSR count). The van der Waals surface area contributed by atoms with Crippen LogP contribution in [0.2, 0.25) is 0 Å². The number of hydrogen-bond acceptors (Lipinski definition) is 6. The van der Waals surface area contributed by atoms with E-state index in [1.54, 1.807) is 30.6 Å². The molecule has 0 aliphatic heterocycles. The molecule has 2 heterocycles. The number of ether oxygens (including phenoxy) is 1. The molecule has 0 spiro atoms. The van der Waals surface area contributed by atoms with Gasteiger partial charge < -0.3 is 15.4 Å². The summed E-state index contributed by atoms with van der Waals surface area (Å²) in [4.78, 5) is 13.2. The van der Waals surface area contributed by atoms with Gasteiger partial charge in [-0.25, -0.2) is 9.37 Å². The number of pyridine rings is 1. The predicted octanol–water partition coefficient (Wildman–Crippen LogP) is 4.64. The number of anilines is 3. The zero-order valence-corrected chi connectivity index (χ0v) is 15.5. The van der Waals surface area contributed by atoms with Gasteiger partial charge in [0.1, 0.15) is 5.82 Å². The first kappa shape index (κ1) is 18.6. The summed E-state index contributed by atoms with van der Waals surface area (Å²) >= 11 is 0. The fraction of sp³-hybridized carbons (Fsp3) is 0.250. The van der Waals surface area contributed by atoms with Crippen molar-refractivity contribution in [2.75, 3.05) is 17.7 Å². The lowest BCUT2D eigenvalue weighted by Crippen LogP contribution is -2.16. The van der Waals surface area contributed by atoms with E-state index in [4.69, 9.17) is 4.74 Å². The quantitative estimate of drug-likeness (QED) is 0.634. The van der Waals surface area contributed by atoms with Crippen LogP contribution < -0.4 is 15.4 Å². The maximum absolute atomic E-state index is 14.0. The highest BCUT2D eigenvalue weighted by atomic mass is 19.1. The molecule has 0 saturated carbocycles. The van der Waals surface area contributed by atoms with Crippen molar-refractivity contribution in [3.05, 3.63) is 54.6 Å². The molecule has 3 aromatic rings. The first-order valence-electron chi connectivity index (χ1n) is 8.75. The summed E-state index contributed by atoms with van der Waals surface area (Å²) in [5.74, 6) is 0.807. The summed E-state index contributed by atoms with van der Waals surface area (Å²) in [6.07, 6.45) is 4.39. The Morgan fingerprint density at radius 3 is 2.70 bits per heavy atom. The van der Waals surface area contributed by atoms with Crippen molar-refractivity contribution in [1.82, 2.24) is 15.0 Å². The summed E-state index contributed by atoms with van der Waals surface area (Å²) in [6.45, 7) is 4.15. The molecule has 0 fully saturated rings. The second-order valence-electron chi connectivity index (χ2n) is 6.13. The third-order valence-corrected chi connectivity index (χ3v) is 4.10. The summed E-state index contributed by atoms with van der Waals surface area (Å²) in [6, 6.07) is 10.5. The highest BCUT2D eigenvalue weighted by Crippen LogP contribution is 2.26. The number of hydrogen-bond donors (Lipinski definition) is 2. The number of halogens is 1. The van der Waals surface area contributed by atoms with Gasteiger partial charge in [-0.05, 0) is 37.6 Å². The first-order chi connectivity index (χ1) is 13.1. The molecule has 0 amide bonds. The van der Waals surface area contributed by atoms with Gasteiger partial charge in [-0.1, -0.05) is 6.92 Å². The average molecular weight is 367 g/mol. The Balaban J connectivity index is 1.95. The van der Waals surface area contributed by atoms with Gasteiger partial charge in [-0.2, -0.15) is 4.98 Å². The van der Waals surface area contributed by atoms with Gasteiger partial charge in [0, 0.05) is 41.8 Å². The van der Waals surface area contributed by atoms with Crippen molar-refractivity contribution < 1.29 is 9.13 Å². The lowest BCUT2D eigenvalue weighted by molar-refractivity contribution is 0.386. The fourth-order valence-electron chi connectivity index (χ4n) is 2.45. The minimum absolute atomic E-state index is 0.193. The minimum Gasteiger partial charge on any atom is -0.494 e. The molecule has 0 aliphatic carbocycles. The summed E-state index contributed by atoms with van der Waals surface area (Å²) in [5, 5.41) is 6.41. The maximum Gasteiger partial charge on any atom is 0.225 e. The Morgan fingerprint density at radius 1 is 1.19 bits per heavy atom. The van der Waals surface area contributed by atoms with Gasteiger partial charge in [0.05, 0.1) is 12.8 Å². The standard InChI is InChI=1S/C20H22FN5O/c1-4-13(2)23-20-25-17(14-6-5-9-22-12-14)11-19(26-20)24-15-7-8-18(27-3)16(21)10-15/h5-13H,4H2,1-3H3,(H2,23,24,25,26)/t13-/m1/s1. The average Bonchev–Trinajstić information content (AvgIpc) is 2.68. The molecule has 2 aromatic heterocycles. The van der Waals surface area contributed by atoms with Crippen LogP contribution in [0, 0.1) is 5.82 Å². The van der Waals surface area contributed by atoms with Crippen molar-refractivity contribution in [3.8, 4) is 17.0 Å². The number of nitrogens with zero attached hydrogens (tertiary/aromatic N) is 3. The van der Waals surface area contributed by atoms with E-state index in [9.17, 15) is 4.39 Å². The lowest BCUT2D eigenvalue weighted by atomic mass is 10.2. The summed E-state index contributed by atoms with van der Waals surface area (Å²) in [5.41, 5.74) is 2.16. The van der Waals surface area contributed by atoms with Gasteiger partial charge >= 0.3 is 0 Å². The highest BCUT2D eigenvalue weighted by Gasteiger charge is 2.10. The Labute approximate surface area is 157 Å². The largest absolute Gasteiger partial charge is 0.494 e. The number of methoxy groups -OCH3 is 1. The molecular weight excluding hydrogens is 345 g/mol. The van der Waals surface area contributed by atoms with Gasteiger partial charge in [0.25, 0.3) is 0 Å². The van der Waals surface area contributed by atoms with E-state index in [1.807, 2.05) is 12.1 Å². The molecule has 1 aromatic carbocycles. The number of nitrogens with one attached hydrogen (secondary N) is 2. The molecule has 1 atom stereocenters. The lowest BCUT2D eigenvalue weighted by Gasteiger charge is -2.15. The molecule has 2 N–H and O–H groups in total. The fourth-order valence-corrected chi connectivity index (χ4v) is 2.45. The highest BCUT2D eigenvalue weighted by molar-refractivity contribution is 5.67. The maximum atomic E-state index is 14.0. The van der Waals surface area contributed by atoms with Gasteiger partial charge in [0.15, 0.2) is 11.6 Å². The number of benzene rings is 1. The van der Waals surface area contributed by atoms with E-state index in [1.165, 1.54) is 13.2 Å². The van der Waals surface area contributed by atoms with E-state index in [2.05, 4.69) is 39.4 Å². The van der Waals surface area contributed by atoms with Crippen LogP contribution in [0.25, 0.3) is 11.3 Å². The monoisotopic (exact) mass is 367 g/mol. The Bertz CT molecular complexity index is 904. The van der Waals surface area contributed by atoms with Crippen LogP contribution in [0.15, 0.2) is 48.8 Å². The molecule has 0 saturated heterocycles. The second kappa shape index (κ2) is 8.44. The Morgan fingerprint density at radius 2 is 2.04 bits per heavy atom. The SMILES string of the molecule is CC[C@@H](C)Nc1nc(Nc2ccc(OC)c(F)c2)cc(-c2cccnc2)n1. The molecule has 0 radical (unpaired) electrons. The molecule has 7 heteroatoms. The zero-order valence-electron chi connectivity index (χ0n) is 15.5. The van der Waals surface area contributed by atoms with Crippen molar-refractivity contribution >= 4 is 17.5 Å². The number of rotatable bonds is 7. The third-order valence-electron chi connectivity index (χ3n) is 4.10. The second-order valence-corrected chi connectivity index (χ2v) is 6.13. The van der Waals surface area contributed by atoms with Crippen LogP contribution in [0.5, 0.6) is 5.75 Å². The molecule has 0 unspecified atom stereocenters. The van der Waals surface area contributed by atoms with Gasteiger partial charge in [-0.15, -0.1) is 0 Å². The predicted molar refractivity (Wildman–Crippen MR) is 105 cm³/mol. The van der Waals surface area contributed by atoms with Crippen LogP contribution in [0.4, 0.5) is 21.8 Å². The van der Waals surface area contributed by atoms with Crippen molar-refractivity contribution in [1.29, 1.82) is 0 Å². The van der Waals surface area contributed by atoms with E-state index in [0.717, 1.165) is 17.7 Å². The molecule has 0 aliphatic rings. The van der Waals surface area contributed by atoms with Crippen LogP contribution in [0.1, 0.15) is 20.3 Å². The van der Waals surface area contributed by atoms with Crippen LogP contribution in [-0.2, 0) is 0 Å². The van der Waals surface area contributed by atoms with Crippen LogP contribution >= 0.6 is 0 Å². The topological polar surface area (TPSA) is 72.0 Å². The summed E-state index contributed by atoms with van der Waals surface area (Å²) in [7, 11) is 1.43. The Hall–Kier alpha value is -3.22. The molecule has 6 nitrogen and oxygen atoms in total. The minimum atomic E-state index is -0.443. The number of aromatic nitrogens is 3. The van der Waals surface area contributed by atoms with Crippen LogP contribution in [0.3, 0.4) is 0 Å². The Kier molecular flexibility index (Phi) is 5.80. The smallest absolute Gasteiger partial charge is 0.225 e. The molecule has 27 heavy (non-hydrogen) atoms. The van der Waals surface area contributed by atoms with Gasteiger partial charge in [0.2, 0.25) is 5.95 Å². The van der Waals surface area contributed by atoms with Crippen molar-refractivity contribution in [2.45, 2.75) is 26.3 Å². The third kappa shape index (κ3) is 4.69. The first-order valence-corrected chi connectivity index (χ1v) is 8.75. The van der Waals surface area contributed by atoms with Crippen molar-refractivity contribution in [2.24, 2.45) is 0 Å². The zero-order chi connectivity index (χ0) is 19.2. The summed E-state index contributed by atoms with van der Waals surface area (Å²) < 4.78 is 18.9. The van der Waals surface area contributed by atoms with Crippen LogP contribution in [-0.4, -0.2) is 28.1 Å². The molecular formula is C20H22FN5O. The van der Waals surface area contributed by atoms with E-state index in [-0.39, 0.29) is 11.8 Å².